The Kier molecular flexibility index (Phi) is 8.06. The van der Waals surface area contributed by atoms with Crippen molar-refractivity contribution in [1.29, 1.82) is 0 Å². The first kappa shape index (κ1) is 22.7. The lowest BCUT2D eigenvalue weighted by molar-refractivity contribution is 0.0319. The van der Waals surface area contributed by atoms with E-state index < -0.39 is 18.1 Å². The molecule has 0 fully saturated rings. The Balaban J connectivity index is 2.03. The highest BCUT2D eigenvalue weighted by molar-refractivity contribution is 5.57. The lowest BCUT2D eigenvalue weighted by atomic mass is 9.88. The molecule has 0 aromatic heterocycles. The smallest absolute Gasteiger partial charge is 0.121 e. The maximum atomic E-state index is 10.7. The molecule has 3 N–H and O–H groups in total. The first-order valence-corrected chi connectivity index (χ1v) is 9.86. The fraction of sp³-hybridized carbons (Fsp3) is 0.360. The molecule has 2 aromatic rings. The van der Waals surface area contributed by atoms with Gasteiger partial charge in [0.25, 0.3) is 0 Å². The third-order valence-electron chi connectivity index (χ3n) is 5.30. The first-order valence-electron chi connectivity index (χ1n) is 9.86. The van der Waals surface area contributed by atoms with Crippen molar-refractivity contribution in [3.05, 3.63) is 76.9 Å². The topological polar surface area (TPSA) is 69.9 Å². The highest BCUT2D eigenvalue weighted by atomic mass is 16.5. The Morgan fingerprint density at radius 2 is 1.69 bits per heavy atom. The maximum absolute atomic E-state index is 10.7. The summed E-state index contributed by atoms with van der Waals surface area (Å²) in [7, 11) is 1.60. The van der Waals surface area contributed by atoms with Gasteiger partial charge in [-0.25, -0.2) is 0 Å². The molecule has 2 aromatic carbocycles. The quantitative estimate of drug-likeness (QED) is 0.516. The predicted octanol–water partition coefficient (Wildman–Crippen LogP) is 5.10. The summed E-state index contributed by atoms with van der Waals surface area (Å²) in [4.78, 5) is 0. The van der Waals surface area contributed by atoms with Crippen LogP contribution in [0.2, 0.25) is 0 Å². The fourth-order valence-corrected chi connectivity index (χ4v) is 3.52. The van der Waals surface area contributed by atoms with Gasteiger partial charge in [0.1, 0.15) is 11.5 Å². The zero-order valence-corrected chi connectivity index (χ0v) is 17.7. The van der Waals surface area contributed by atoms with Crippen molar-refractivity contribution in [2.75, 3.05) is 7.11 Å². The van der Waals surface area contributed by atoms with Crippen molar-refractivity contribution in [3.8, 4) is 11.5 Å². The van der Waals surface area contributed by atoms with E-state index in [1.165, 1.54) is 0 Å². The predicted molar refractivity (Wildman–Crippen MR) is 118 cm³/mol. The number of benzene rings is 2. The van der Waals surface area contributed by atoms with Gasteiger partial charge in [-0.1, -0.05) is 29.9 Å². The van der Waals surface area contributed by atoms with E-state index in [-0.39, 0.29) is 0 Å². The fourth-order valence-electron chi connectivity index (χ4n) is 3.52. The van der Waals surface area contributed by atoms with Gasteiger partial charge in [-0.2, -0.15) is 0 Å². The van der Waals surface area contributed by atoms with E-state index in [0.717, 1.165) is 33.6 Å². The molecule has 156 valence electrons. The summed E-state index contributed by atoms with van der Waals surface area (Å²) in [5, 5.41) is 31.3. The minimum atomic E-state index is -0.833. The molecule has 0 aliphatic rings. The lowest BCUT2D eigenvalue weighted by Crippen LogP contribution is -2.25. The van der Waals surface area contributed by atoms with Crippen LogP contribution >= 0.6 is 0 Å². The van der Waals surface area contributed by atoms with Crippen molar-refractivity contribution in [3.63, 3.8) is 0 Å². The number of phenolic OH excluding ortho intramolecular Hbond substituents is 1. The van der Waals surface area contributed by atoms with Crippen LogP contribution in [0.15, 0.2) is 54.6 Å². The molecule has 0 bridgehead atoms. The van der Waals surface area contributed by atoms with Gasteiger partial charge in [-0.15, -0.1) is 6.58 Å². The van der Waals surface area contributed by atoms with E-state index in [1.807, 2.05) is 32.9 Å². The van der Waals surface area contributed by atoms with Crippen LogP contribution in [-0.4, -0.2) is 28.5 Å². The molecule has 4 nitrogen and oxygen atoms in total. The standard InChI is InChI=1S/C25H32O4/c1-6-22(25(28)20-8-10-21(29-5)11-9-20)23(26)12-7-16(2)13-19-14-17(3)24(27)18(4)15-19/h6,8-11,13-15,22-23,25-28H,1,7,12H2,2-5H3/b16-13+/t22-,23-,25-/m1/s1. The summed E-state index contributed by atoms with van der Waals surface area (Å²) in [6.45, 7) is 9.59. The average molecular weight is 397 g/mol. The minimum absolute atomic E-state index is 0.330. The van der Waals surface area contributed by atoms with Crippen LogP contribution in [0.3, 0.4) is 0 Å². The molecule has 29 heavy (non-hydrogen) atoms. The van der Waals surface area contributed by atoms with Gasteiger partial charge >= 0.3 is 0 Å². The van der Waals surface area contributed by atoms with Crippen LogP contribution in [-0.2, 0) is 0 Å². The normalized spacial score (nSPS) is 14.9. The van der Waals surface area contributed by atoms with Crippen molar-refractivity contribution >= 4 is 6.08 Å². The molecular weight excluding hydrogens is 364 g/mol. The SMILES string of the molecule is C=C[C@H]([C@H](O)CC/C(C)=C/c1cc(C)c(O)c(C)c1)[C@H](O)c1ccc(OC)cc1. The number of aryl methyl sites for hydroxylation is 2. The molecule has 4 heteroatoms. The van der Waals surface area contributed by atoms with E-state index in [1.54, 1.807) is 37.5 Å². The monoisotopic (exact) mass is 396 g/mol. The zero-order chi connectivity index (χ0) is 21.6. The van der Waals surface area contributed by atoms with Gasteiger partial charge in [0, 0.05) is 5.92 Å². The number of allylic oxidation sites excluding steroid dienone is 1. The molecular formula is C25H32O4. The Bertz CT molecular complexity index is 829. The molecule has 0 radical (unpaired) electrons. The number of aromatic hydroxyl groups is 1. The molecule has 0 saturated heterocycles. The van der Waals surface area contributed by atoms with Crippen LogP contribution < -0.4 is 4.74 Å². The second-order valence-corrected chi connectivity index (χ2v) is 7.63. The van der Waals surface area contributed by atoms with E-state index in [0.29, 0.717) is 18.6 Å². The molecule has 0 heterocycles. The minimum Gasteiger partial charge on any atom is -0.507 e. The second-order valence-electron chi connectivity index (χ2n) is 7.63. The van der Waals surface area contributed by atoms with E-state index >= 15 is 0 Å². The summed E-state index contributed by atoms with van der Waals surface area (Å²) in [6, 6.07) is 11.1. The van der Waals surface area contributed by atoms with Gasteiger partial charge in [-0.05, 0) is 80.1 Å². The number of phenols is 1. The first-order chi connectivity index (χ1) is 13.8. The number of ether oxygens (including phenoxy) is 1. The summed E-state index contributed by atoms with van der Waals surface area (Å²) in [6.07, 6.45) is 3.35. The number of methoxy groups -OCH3 is 1. The summed E-state index contributed by atoms with van der Waals surface area (Å²) in [5.74, 6) is 0.586. The van der Waals surface area contributed by atoms with E-state index in [4.69, 9.17) is 4.74 Å². The molecule has 0 aliphatic carbocycles. The van der Waals surface area contributed by atoms with Crippen LogP contribution in [0, 0.1) is 19.8 Å². The highest BCUT2D eigenvalue weighted by Gasteiger charge is 2.25. The average Bonchev–Trinajstić information content (AvgIpc) is 2.71. The lowest BCUT2D eigenvalue weighted by Gasteiger charge is -2.25. The zero-order valence-electron chi connectivity index (χ0n) is 17.7. The number of hydrogen-bond donors (Lipinski definition) is 3. The Labute approximate surface area is 173 Å². The van der Waals surface area contributed by atoms with Gasteiger partial charge in [0.05, 0.1) is 19.3 Å². The van der Waals surface area contributed by atoms with E-state index in [9.17, 15) is 15.3 Å². The van der Waals surface area contributed by atoms with Gasteiger partial charge < -0.3 is 20.1 Å². The molecule has 3 atom stereocenters. The van der Waals surface area contributed by atoms with Crippen molar-refractivity contribution < 1.29 is 20.1 Å². The number of aliphatic hydroxyl groups excluding tert-OH is 2. The molecule has 0 saturated carbocycles. The van der Waals surface area contributed by atoms with Crippen LogP contribution in [0.25, 0.3) is 6.08 Å². The highest BCUT2D eigenvalue weighted by Crippen LogP contribution is 2.30. The maximum Gasteiger partial charge on any atom is 0.121 e. The Morgan fingerprint density at radius 1 is 1.10 bits per heavy atom. The van der Waals surface area contributed by atoms with Crippen molar-refractivity contribution in [2.24, 2.45) is 5.92 Å². The van der Waals surface area contributed by atoms with Gasteiger partial charge in [-0.3, -0.25) is 0 Å². The third kappa shape index (κ3) is 5.96. The molecule has 0 aliphatic heterocycles. The molecule has 0 spiro atoms. The van der Waals surface area contributed by atoms with Crippen LogP contribution in [0.1, 0.15) is 48.1 Å². The molecule has 0 unspecified atom stereocenters. The van der Waals surface area contributed by atoms with Gasteiger partial charge in [0.15, 0.2) is 0 Å². The van der Waals surface area contributed by atoms with Crippen molar-refractivity contribution in [2.45, 2.75) is 45.8 Å². The van der Waals surface area contributed by atoms with E-state index in [2.05, 4.69) is 12.7 Å². The van der Waals surface area contributed by atoms with Gasteiger partial charge in [0.2, 0.25) is 0 Å². The third-order valence-corrected chi connectivity index (χ3v) is 5.30. The Hall–Kier alpha value is -2.56. The van der Waals surface area contributed by atoms with Crippen LogP contribution in [0.4, 0.5) is 0 Å². The summed E-state index contributed by atoms with van der Waals surface area (Å²) >= 11 is 0. The number of hydrogen-bond acceptors (Lipinski definition) is 4. The number of aliphatic hydroxyl groups is 2. The summed E-state index contributed by atoms with van der Waals surface area (Å²) < 4.78 is 5.15. The largest absolute Gasteiger partial charge is 0.507 e. The molecule has 0 amide bonds. The van der Waals surface area contributed by atoms with Crippen molar-refractivity contribution in [1.82, 2.24) is 0 Å². The Morgan fingerprint density at radius 3 is 2.21 bits per heavy atom. The van der Waals surface area contributed by atoms with Crippen LogP contribution in [0.5, 0.6) is 11.5 Å². The molecule has 2 rings (SSSR count). The number of rotatable bonds is 9. The summed E-state index contributed by atoms with van der Waals surface area (Å²) in [5.41, 5.74) is 4.56. The second kappa shape index (κ2) is 10.3.